The number of nitrogens with zero attached hydrogens (tertiary/aromatic N) is 4. The molecule has 2 heterocycles. The minimum Gasteiger partial charge on any atom is -0.497 e. The predicted molar refractivity (Wildman–Crippen MR) is 123 cm³/mol. The van der Waals surface area contributed by atoms with E-state index in [1.165, 1.54) is 10.4 Å². The Hall–Kier alpha value is -3.38. The lowest BCUT2D eigenvalue weighted by molar-refractivity contribution is -0.137. The maximum atomic E-state index is 13.0. The smallest absolute Gasteiger partial charge is 0.416 e. The Morgan fingerprint density at radius 3 is 2.23 bits per heavy atom. The van der Waals surface area contributed by atoms with Gasteiger partial charge in [0.1, 0.15) is 11.5 Å². The van der Waals surface area contributed by atoms with Crippen molar-refractivity contribution in [1.82, 2.24) is 14.5 Å². The van der Waals surface area contributed by atoms with Crippen LogP contribution in [0.3, 0.4) is 0 Å². The van der Waals surface area contributed by atoms with Crippen molar-refractivity contribution in [3.63, 3.8) is 0 Å². The molecule has 0 atom stereocenters. The van der Waals surface area contributed by atoms with Crippen LogP contribution < -0.4 is 14.4 Å². The van der Waals surface area contributed by atoms with E-state index in [4.69, 9.17) is 9.47 Å². The summed E-state index contributed by atoms with van der Waals surface area (Å²) in [5.41, 5.74) is 0.290. The monoisotopic (exact) mass is 508 g/mol. The van der Waals surface area contributed by atoms with Crippen molar-refractivity contribution in [1.29, 1.82) is 0 Å². The van der Waals surface area contributed by atoms with E-state index in [0.717, 1.165) is 12.1 Å². The van der Waals surface area contributed by atoms with Gasteiger partial charge in [-0.15, -0.1) is 10.2 Å². The molecule has 3 aromatic rings. The maximum absolute atomic E-state index is 13.0. The highest BCUT2D eigenvalue weighted by Gasteiger charge is 2.34. The van der Waals surface area contributed by atoms with Gasteiger partial charge in [-0.1, -0.05) is 6.07 Å². The minimum absolute atomic E-state index is 0.103. The van der Waals surface area contributed by atoms with E-state index in [2.05, 4.69) is 10.2 Å². The fraction of sp³-hybridized carbons (Fsp3) is 0.304. The first-order chi connectivity index (χ1) is 16.6. The van der Waals surface area contributed by atoms with Crippen LogP contribution in [0.1, 0.15) is 5.56 Å². The Morgan fingerprint density at radius 2 is 1.63 bits per heavy atom. The number of rotatable bonds is 6. The molecule has 0 unspecified atom stereocenters. The fourth-order valence-electron chi connectivity index (χ4n) is 3.79. The van der Waals surface area contributed by atoms with Crippen molar-refractivity contribution in [2.24, 2.45) is 0 Å². The highest BCUT2D eigenvalue weighted by atomic mass is 32.2. The molecule has 0 spiro atoms. The normalized spacial score (nSPS) is 15.2. The zero-order chi connectivity index (χ0) is 25.2. The Bertz CT molecular complexity index is 1290. The molecular weight excluding hydrogens is 485 g/mol. The summed E-state index contributed by atoms with van der Waals surface area (Å²) in [5, 5.41) is 8.57. The van der Waals surface area contributed by atoms with Gasteiger partial charge in [-0.25, -0.2) is 8.42 Å². The number of benzene rings is 2. The Labute approximate surface area is 201 Å². The summed E-state index contributed by atoms with van der Waals surface area (Å²) in [5.74, 6) is 1.82. The van der Waals surface area contributed by atoms with E-state index >= 15 is 0 Å². The van der Waals surface area contributed by atoms with Gasteiger partial charge >= 0.3 is 6.18 Å². The molecule has 0 aliphatic carbocycles. The first-order valence-corrected chi connectivity index (χ1v) is 12.1. The van der Waals surface area contributed by atoms with Crippen molar-refractivity contribution in [3.05, 3.63) is 60.2 Å². The number of anilines is 1. The van der Waals surface area contributed by atoms with Gasteiger partial charge in [-0.3, -0.25) is 0 Å². The largest absolute Gasteiger partial charge is 0.497 e. The molecule has 2 aromatic carbocycles. The van der Waals surface area contributed by atoms with Gasteiger partial charge in [0.25, 0.3) is 0 Å². The Morgan fingerprint density at radius 1 is 0.886 bits per heavy atom. The molecule has 8 nitrogen and oxygen atoms in total. The molecule has 12 heteroatoms. The molecule has 0 N–H and O–H groups in total. The van der Waals surface area contributed by atoms with E-state index in [-0.39, 0.29) is 18.0 Å². The van der Waals surface area contributed by atoms with Gasteiger partial charge in [-0.2, -0.15) is 17.5 Å². The summed E-state index contributed by atoms with van der Waals surface area (Å²) < 4.78 is 76.7. The zero-order valence-electron chi connectivity index (χ0n) is 19.0. The molecule has 0 saturated carbocycles. The SMILES string of the molecule is COc1ccc(OC)c(-c2ccc(N3CCN(S(=O)(=O)c4cccc(C(F)(F)F)c4)CC3)nn2)c1. The van der Waals surface area contributed by atoms with Crippen molar-refractivity contribution in [2.75, 3.05) is 45.3 Å². The number of aromatic nitrogens is 2. The second kappa shape index (κ2) is 9.70. The first-order valence-electron chi connectivity index (χ1n) is 10.6. The quantitative estimate of drug-likeness (QED) is 0.502. The average Bonchev–Trinajstić information content (AvgIpc) is 2.88. The van der Waals surface area contributed by atoms with E-state index in [9.17, 15) is 21.6 Å². The van der Waals surface area contributed by atoms with Crippen molar-refractivity contribution in [3.8, 4) is 22.8 Å². The summed E-state index contributed by atoms with van der Waals surface area (Å²) in [6.45, 7) is 0.834. The van der Waals surface area contributed by atoms with Gasteiger partial charge in [0, 0.05) is 31.7 Å². The van der Waals surface area contributed by atoms with Crippen LogP contribution in [0.25, 0.3) is 11.3 Å². The number of piperazine rings is 1. The van der Waals surface area contributed by atoms with Crippen LogP contribution in [0.15, 0.2) is 59.5 Å². The highest BCUT2D eigenvalue weighted by molar-refractivity contribution is 7.89. The lowest BCUT2D eigenvalue weighted by atomic mass is 10.1. The van der Waals surface area contributed by atoms with Crippen LogP contribution in [0, 0.1) is 0 Å². The van der Waals surface area contributed by atoms with Gasteiger partial charge in [-0.05, 0) is 48.5 Å². The molecule has 1 aliphatic rings. The molecule has 1 aliphatic heterocycles. The van der Waals surface area contributed by atoms with Gasteiger partial charge < -0.3 is 14.4 Å². The molecule has 35 heavy (non-hydrogen) atoms. The first kappa shape index (κ1) is 24.7. The number of ether oxygens (including phenoxy) is 2. The lowest BCUT2D eigenvalue weighted by Gasteiger charge is -2.34. The van der Waals surface area contributed by atoms with E-state index in [0.29, 0.717) is 47.7 Å². The second-order valence-corrected chi connectivity index (χ2v) is 9.70. The van der Waals surface area contributed by atoms with Crippen LogP contribution in [0.5, 0.6) is 11.5 Å². The van der Waals surface area contributed by atoms with Crippen molar-refractivity contribution in [2.45, 2.75) is 11.1 Å². The average molecular weight is 509 g/mol. The van der Waals surface area contributed by atoms with Crippen molar-refractivity contribution >= 4 is 15.8 Å². The van der Waals surface area contributed by atoms with Crippen molar-refractivity contribution < 1.29 is 31.1 Å². The minimum atomic E-state index is -4.62. The number of hydrogen-bond acceptors (Lipinski definition) is 7. The van der Waals surface area contributed by atoms with Crippen LogP contribution in [0.4, 0.5) is 19.0 Å². The molecule has 186 valence electrons. The zero-order valence-corrected chi connectivity index (χ0v) is 19.8. The third kappa shape index (κ3) is 5.17. The van der Waals surface area contributed by atoms with Crippen LogP contribution in [0.2, 0.25) is 0 Å². The fourth-order valence-corrected chi connectivity index (χ4v) is 5.26. The standard InChI is InChI=1S/C23H23F3N4O4S/c1-33-17-6-8-21(34-2)19(15-17)20-7-9-22(28-27-20)29-10-12-30(13-11-29)35(31,32)18-5-3-4-16(14-18)23(24,25)26/h3-9,14-15H,10-13H2,1-2H3. The molecular formula is C23H23F3N4O4S. The summed E-state index contributed by atoms with van der Waals surface area (Å²) >= 11 is 0. The molecule has 4 rings (SSSR count). The van der Waals surface area contributed by atoms with E-state index in [1.807, 2.05) is 4.90 Å². The number of methoxy groups -OCH3 is 2. The molecule has 1 fully saturated rings. The number of halogens is 3. The van der Waals surface area contributed by atoms with E-state index < -0.39 is 21.8 Å². The number of alkyl halides is 3. The van der Waals surface area contributed by atoms with Gasteiger partial charge in [0.15, 0.2) is 5.82 Å². The topological polar surface area (TPSA) is 84.9 Å². The third-order valence-corrected chi connectivity index (χ3v) is 7.59. The molecule has 0 amide bonds. The Balaban J connectivity index is 1.47. The molecule has 1 saturated heterocycles. The van der Waals surface area contributed by atoms with Gasteiger partial charge in [0.05, 0.1) is 30.4 Å². The molecule has 0 bridgehead atoms. The maximum Gasteiger partial charge on any atom is 0.416 e. The Kier molecular flexibility index (Phi) is 6.86. The van der Waals surface area contributed by atoms with E-state index in [1.54, 1.807) is 44.6 Å². The summed E-state index contributed by atoms with van der Waals surface area (Å²) in [6.07, 6.45) is -4.62. The summed E-state index contributed by atoms with van der Waals surface area (Å²) in [4.78, 5) is 1.50. The molecule has 1 aromatic heterocycles. The molecule has 0 radical (unpaired) electrons. The summed E-state index contributed by atoms with van der Waals surface area (Å²) in [7, 11) is -0.944. The van der Waals surface area contributed by atoms with Crippen LogP contribution in [-0.2, 0) is 16.2 Å². The van der Waals surface area contributed by atoms with Crippen LogP contribution in [-0.4, -0.2) is 63.3 Å². The predicted octanol–water partition coefficient (Wildman–Crippen LogP) is 3.69. The second-order valence-electron chi connectivity index (χ2n) is 7.76. The number of hydrogen-bond donors (Lipinski definition) is 0. The lowest BCUT2D eigenvalue weighted by Crippen LogP contribution is -2.49. The van der Waals surface area contributed by atoms with Gasteiger partial charge in [0.2, 0.25) is 10.0 Å². The summed E-state index contributed by atoms with van der Waals surface area (Å²) in [6, 6.07) is 12.7. The van der Waals surface area contributed by atoms with Crippen LogP contribution >= 0.6 is 0 Å². The number of sulfonamides is 1. The third-order valence-electron chi connectivity index (χ3n) is 5.69. The highest BCUT2D eigenvalue weighted by Crippen LogP contribution is 2.33.